The maximum Gasteiger partial charge on any atom is 0.341 e. The van der Waals surface area contributed by atoms with Crippen molar-refractivity contribution in [3.63, 3.8) is 0 Å². The van der Waals surface area contributed by atoms with Crippen molar-refractivity contribution in [2.24, 2.45) is 0 Å². The quantitative estimate of drug-likeness (QED) is 0.603. The van der Waals surface area contributed by atoms with Crippen LogP contribution in [0.1, 0.15) is 52.0 Å². The number of ether oxygens (including phenoxy) is 2. The summed E-state index contributed by atoms with van der Waals surface area (Å²) in [6, 6.07) is 3.52. The van der Waals surface area contributed by atoms with E-state index in [1.54, 1.807) is 6.92 Å². The molecule has 1 aromatic heterocycles. The van der Waals surface area contributed by atoms with Gasteiger partial charge in [-0.15, -0.1) is 11.3 Å². The van der Waals surface area contributed by atoms with E-state index >= 15 is 0 Å². The van der Waals surface area contributed by atoms with Gasteiger partial charge in [-0.3, -0.25) is 4.79 Å². The normalized spacial score (nSPS) is 13.1. The Balaban J connectivity index is 1.65. The first-order valence-corrected chi connectivity index (χ1v) is 10.3. The fourth-order valence-corrected chi connectivity index (χ4v) is 4.16. The lowest BCUT2D eigenvalue weighted by molar-refractivity contribution is -0.119. The number of thiophene rings is 1. The predicted octanol–water partition coefficient (Wildman–Crippen LogP) is 4.50. The number of carbonyl (C=O) groups excluding carboxylic acids is 3. The third kappa shape index (κ3) is 4.77. The van der Waals surface area contributed by atoms with Crippen LogP contribution in [0.4, 0.5) is 9.39 Å². The van der Waals surface area contributed by atoms with Gasteiger partial charge in [0.25, 0.3) is 5.91 Å². The Kier molecular flexibility index (Phi) is 6.46. The molecular weight excluding hydrogens is 453 g/mol. The lowest BCUT2D eigenvalue weighted by atomic mass is 10.1. The first kappa shape index (κ1) is 20.5. The summed E-state index contributed by atoms with van der Waals surface area (Å²) in [6.45, 7) is 1.41. The van der Waals surface area contributed by atoms with Gasteiger partial charge in [-0.25, -0.2) is 14.0 Å². The summed E-state index contributed by atoms with van der Waals surface area (Å²) in [4.78, 5) is 36.6. The molecule has 148 valence electrons. The Labute approximate surface area is 173 Å². The summed E-state index contributed by atoms with van der Waals surface area (Å²) in [5.41, 5.74) is 1.36. The molecule has 0 saturated heterocycles. The molecule has 28 heavy (non-hydrogen) atoms. The number of carbonyl (C=O) groups is 3. The zero-order valence-electron chi connectivity index (χ0n) is 14.9. The van der Waals surface area contributed by atoms with Crippen molar-refractivity contribution in [2.75, 3.05) is 18.5 Å². The largest absolute Gasteiger partial charge is 0.462 e. The number of benzene rings is 1. The van der Waals surface area contributed by atoms with E-state index in [0.29, 0.717) is 16.5 Å². The van der Waals surface area contributed by atoms with Gasteiger partial charge in [-0.2, -0.15) is 0 Å². The zero-order chi connectivity index (χ0) is 20.3. The smallest absolute Gasteiger partial charge is 0.341 e. The van der Waals surface area contributed by atoms with Crippen molar-refractivity contribution in [2.45, 2.75) is 25.7 Å². The average Bonchev–Trinajstić information content (AvgIpc) is 3.40. The number of halogens is 2. The molecule has 0 spiro atoms. The summed E-state index contributed by atoms with van der Waals surface area (Å²) in [5.74, 6) is -2.02. The number of anilines is 1. The molecule has 1 heterocycles. The number of esters is 2. The van der Waals surface area contributed by atoms with E-state index in [9.17, 15) is 18.8 Å². The number of hydrogen-bond donors (Lipinski definition) is 1. The molecule has 1 aromatic carbocycles. The second kappa shape index (κ2) is 8.83. The van der Waals surface area contributed by atoms with Crippen molar-refractivity contribution in [3.05, 3.63) is 50.6 Å². The van der Waals surface area contributed by atoms with E-state index < -0.39 is 30.3 Å². The van der Waals surface area contributed by atoms with Crippen LogP contribution in [0.2, 0.25) is 0 Å². The van der Waals surface area contributed by atoms with Gasteiger partial charge in [-0.1, -0.05) is 0 Å². The van der Waals surface area contributed by atoms with E-state index in [1.165, 1.54) is 17.4 Å². The standard InChI is InChI=1S/C19H17BrFNO5S/c1-2-26-19(25)16-13(10-3-4-10)9-28-17(16)22-15(23)8-27-18(24)12-6-5-11(21)7-14(12)20/h5-7,9-10H,2-4,8H2,1H3,(H,22,23). The van der Waals surface area contributed by atoms with Crippen molar-refractivity contribution in [1.29, 1.82) is 0 Å². The van der Waals surface area contributed by atoms with E-state index in [-0.39, 0.29) is 16.6 Å². The maximum absolute atomic E-state index is 13.1. The van der Waals surface area contributed by atoms with Gasteiger partial charge < -0.3 is 14.8 Å². The van der Waals surface area contributed by atoms with Gasteiger partial charge in [0.1, 0.15) is 10.8 Å². The summed E-state index contributed by atoms with van der Waals surface area (Å²) in [6.07, 6.45) is 2.00. The molecule has 6 nitrogen and oxygen atoms in total. The van der Waals surface area contributed by atoms with Crippen molar-refractivity contribution < 1.29 is 28.2 Å². The molecule has 3 rings (SSSR count). The van der Waals surface area contributed by atoms with Crippen LogP contribution < -0.4 is 5.32 Å². The monoisotopic (exact) mass is 469 g/mol. The molecule has 0 aliphatic heterocycles. The van der Waals surface area contributed by atoms with E-state index in [0.717, 1.165) is 30.5 Å². The van der Waals surface area contributed by atoms with Crippen LogP contribution in [0.5, 0.6) is 0 Å². The van der Waals surface area contributed by atoms with Gasteiger partial charge in [0.2, 0.25) is 0 Å². The maximum atomic E-state index is 13.1. The highest BCUT2D eigenvalue weighted by atomic mass is 79.9. The summed E-state index contributed by atoms with van der Waals surface area (Å²) >= 11 is 4.32. The van der Waals surface area contributed by atoms with E-state index in [4.69, 9.17) is 9.47 Å². The van der Waals surface area contributed by atoms with Gasteiger partial charge in [0, 0.05) is 4.47 Å². The molecule has 9 heteroatoms. The Morgan fingerprint density at radius 1 is 1.25 bits per heavy atom. The highest BCUT2D eigenvalue weighted by Gasteiger charge is 2.32. The third-order valence-electron chi connectivity index (χ3n) is 4.05. The van der Waals surface area contributed by atoms with Crippen LogP contribution in [0.25, 0.3) is 0 Å². The minimum absolute atomic E-state index is 0.105. The topological polar surface area (TPSA) is 81.7 Å². The van der Waals surface area contributed by atoms with Gasteiger partial charge in [0.15, 0.2) is 6.61 Å². The second-order valence-electron chi connectivity index (χ2n) is 6.14. The van der Waals surface area contributed by atoms with Crippen molar-refractivity contribution >= 4 is 50.1 Å². The Morgan fingerprint density at radius 3 is 2.64 bits per heavy atom. The Bertz CT molecular complexity index is 925. The SMILES string of the molecule is CCOC(=O)c1c(C2CC2)csc1NC(=O)COC(=O)c1ccc(F)cc1Br. The first-order chi connectivity index (χ1) is 13.4. The van der Waals surface area contributed by atoms with E-state index in [2.05, 4.69) is 21.2 Å². The molecule has 0 atom stereocenters. The zero-order valence-corrected chi connectivity index (χ0v) is 17.3. The van der Waals surface area contributed by atoms with Crippen molar-refractivity contribution in [1.82, 2.24) is 0 Å². The fraction of sp³-hybridized carbons (Fsp3) is 0.316. The number of amides is 1. The molecular formula is C19H17BrFNO5S. The summed E-state index contributed by atoms with van der Waals surface area (Å²) in [7, 11) is 0. The Hall–Kier alpha value is -2.26. The van der Waals surface area contributed by atoms with Crippen LogP contribution in [0.15, 0.2) is 28.1 Å². The molecule has 2 aromatic rings. The molecule has 0 radical (unpaired) electrons. The van der Waals surface area contributed by atoms with Gasteiger partial charge >= 0.3 is 11.9 Å². The second-order valence-corrected chi connectivity index (χ2v) is 7.87. The number of nitrogens with one attached hydrogen (secondary N) is 1. The molecule has 1 amide bonds. The molecule has 1 aliphatic rings. The highest BCUT2D eigenvalue weighted by Crippen LogP contribution is 2.46. The summed E-state index contributed by atoms with van der Waals surface area (Å²) in [5, 5.41) is 4.84. The third-order valence-corrected chi connectivity index (χ3v) is 5.62. The van der Waals surface area contributed by atoms with Gasteiger partial charge in [0.05, 0.1) is 17.7 Å². The first-order valence-electron chi connectivity index (χ1n) is 8.61. The molecule has 0 unspecified atom stereocenters. The van der Waals surface area contributed by atoms with Crippen LogP contribution >= 0.6 is 27.3 Å². The molecule has 1 saturated carbocycles. The minimum Gasteiger partial charge on any atom is -0.462 e. The van der Waals surface area contributed by atoms with Crippen LogP contribution in [0.3, 0.4) is 0 Å². The van der Waals surface area contributed by atoms with Crippen LogP contribution in [-0.2, 0) is 14.3 Å². The predicted molar refractivity (Wildman–Crippen MR) is 105 cm³/mol. The minimum atomic E-state index is -0.766. The molecule has 1 aliphatic carbocycles. The fourth-order valence-electron chi connectivity index (χ4n) is 2.60. The average molecular weight is 470 g/mol. The lowest BCUT2D eigenvalue weighted by Crippen LogP contribution is -2.22. The Morgan fingerprint density at radius 2 is 2.00 bits per heavy atom. The van der Waals surface area contributed by atoms with E-state index in [1.807, 2.05) is 5.38 Å². The summed E-state index contributed by atoms with van der Waals surface area (Å²) < 4.78 is 23.4. The van der Waals surface area contributed by atoms with Crippen molar-refractivity contribution in [3.8, 4) is 0 Å². The van der Waals surface area contributed by atoms with Crippen LogP contribution in [0, 0.1) is 5.82 Å². The van der Waals surface area contributed by atoms with Gasteiger partial charge in [-0.05, 0) is 70.8 Å². The molecule has 1 N–H and O–H groups in total. The molecule has 0 bridgehead atoms. The number of hydrogen-bond acceptors (Lipinski definition) is 6. The van der Waals surface area contributed by atoms with Crippen LogP contribution in [-0.4, -0.2) is 31.1 Å². The molecule has 1 fully saturated rings. The highest BCUT2D eigenvalue weighted by molar-refractivity contribution is 9.10. The lowest BCUT2D eigenvalue weighted by Gasteiger charge is -2.09. The number of rotatable bonds is 7.